The number of nitrogen functional groups attached to an aromatic ring is 1. The van der Waals surface area contributed by atoms with Crippen LogP contribution in [-0.4, -0.2) is 16.0 Å². The lowest BCUT2D eigenvalue weighted by atomic mass is 9.95. The molecule has 1 unspecified atom stereocenters. The van der Waals surface area contributed by atoms with Crippen molar-refractivity contribution in [3.8, 4) is 0 Å². The molecule has 1 rings (SSSR count). The molecule has 1 aromatic heterocycles. The molecule has 4 nitrogen and oxygen atoms in total. The van der Waals surface area contributed by atoms with Crippen LogP contribution in [0.3, 0.4) is 0 Å². The second-order valence-corrected chi connectivity index (χ2v) is 6.34. The molecular formula is C15H28N4. The molecule has 0 bridgehead atoms. The van der Waals surface area contributed by atoms with Gasteiger partial charge >= 0.3 is 0 Å². The minimum atomic E-state index is -0.0924. The second kappa shape index (κ2) is 6.22. The van der Waals surface area contributed by atoms with Gasteiger partial charge in [0.1, 0.15) is 17.5 Å². The van der Waals surface area contributed by atoms with Gasteiger partial charge in [-0.05, 0) is 20.3 Å². The highest BCUT2D eigenvalue weighted by Gasteiger charge is 2.20. The normalized spacial score (nSPS) is 13.4. The fourth-order valence-electron chi connectivity index (χ4n) is 1.83. The van der Waals surface area contributed by atoms with Crippen molar-refractivity contribution < 1.29 is 0 Å². The van der Waals surface area contributed by atoms with E-state index in [0.717, 1.165) is 23.6 Å². The van der Waals surface area contributed by atoms with E-state index < -0.39 is 0 Å². The molecule has 0 saturated carbocycles. The predicted molar refractivity (Wildman–Crippen MR) is 82.5 cm³/mol. The van der Waals surface area contributed by atoms with Crippen molar-refractivity contribution in [3.63, 3.8) is 0 Å². The zero-order valence-corrected chi connectivity index (χ0v) is 13.2. The van der Waals surface area contributed by atoms with Gasteiger partial charge in [-0.15, -0.1) is 0 Å². The summed E-state index contributed by atoms with van der Waals surface area (Å²) in [4.78, 5) is 9.05. The van der Waals surface area contributed by atoms with Gasteiger partial charge in [0.25, 0.3) is 0 Å². The van der Waals surface area contributed by atoms with Gasteiger partial charge < -0.3 is 11.1 Å². The number of nitrogens with one attached hydrogen (secondary N) is 1. The number of unbranched alkanes of at least 4 members (excludes halogenated alkanes) is 1. The lowest BCUT2D eigenvalue weighted by Gasteiger charge is -2.21. The minimum absolute atomic E-state index is 0.0924. The SMILES string of the molecule is CCCCC(C)Nc1nc(C(C)(C)C)nc(N)c1C. The van der Waals surface area contributed by atoms with E-state index in [9.17, 15) is 0 Å². The monoisotopic (exact) mass is 264 g/mol. The summed E-state index contributed by atoms with van der Waals surface area (Å²) < 4.78 is 0. The molecule has 0 aromatic carbocycles. The second-order valence-electron chi connectivity index (χ2n) is 6.34. The maximum absolute atomic E-state index is 6.00. The van der Waals surface area contributed by atoms with Crippen LogP contribution in [0.1, 0.15) is 65.3 Å². The molecule has 108 valence electrons. The van der Waals surface area contributed by atoms with Gasteiger partial charge in [0.05, 0.1) is 0 Å². The fourth-order valence-corrected chi connectivity index (χ4v) is 1.83. The van der Waals surface area contributed by atoms with Crippen LogP contribution in [0.15, 0.2) is 0 Å². The minimum Gasteiger partial charge on any atom is -0.383 e. The van der Waals surface area contributed by atoms with Crippen LogP contribution in [0, 0.1) is 6.92 Å². The summed E-state index contributed by atoms with van der Waals surface area (Å²) in [5.74, 6) is 2.24. The first-order valence-corrected chi connectivity index (χ1v) is 7.16. The molecule has 0 radical (unpaired) electrons. The molecule has 1 heterocycles. The number of nitrogens with two attached hydrogens (primary N) is 1. The highest BCUT2D eigenvalue weighted by Crippen LogP contribution is 2.25. The van der Waals surface area contributed by atoms with E-state index in [1.807, 2.05) is 6.92 Å². The van der Waals surface area contributed by atoms with E-state index in [2.05, 4.69) is 49.9 Å². The number of hydrogen-bond acceptors (Lipinski definition) is 4. The van der Waals surface area contributed by atoms with Crippen LogP contribution in [-0.2, 0) is 5.41 Å². The molecule has 0 amide bonds. The Kier molecular flexibility index (Phi) is 5.15. The molecule has 0 aliphatic rings. The van der Waals surface area contributed by atoms with E-state index in [1.54, 1.807) is 0 Å². The fraction of sp³-hybridized carbons (Fsp3) is 0.733. The van der Waals surface area contributed by atoms with Crippen molar-refractivity contribution in [2.75, 3.05) is 11.1 Å². The molecule has 19 heavy (non-hydrogen) atoms. The lowest BCUT2D eigenvalue weighted by Crippen LogP contribution is -2.22. The van der Waals surface area contributed by atoms with Gasteiger partial charge in [0, 0.05) is 17.0 Å². The Bertz CT molecular complexity index is 421. The van der Waals surface area contributed by atoms with Crippen molar-refractivity contribution in [1.29, 1.82) is 0 Å². The largest absolute Gasteiger partial charge is 0.383 e. The Morgan fingerprint density at radius 1 is 1.26 bits per heavy atom. The quantitative estimate of drug-likeness (QED) is 0.852. The van der Waals surface area contributed by atoms with Gasteiger partial charge in [-0.1, -0.05) is 40.5 Å². The maximum Gasteiger partial charge on any atom is 0.138 e. The first-order chi connectivity index (χ1) is 8.75. The average molecular weight is 264 g/mol. The summed E-state index contributed by atoms with van der Waals surface area (Å²) in [6, 6.07) is 0.403. The zero-order valence-electron chi connectivity index (χ0n) is 13.2. The smallest absolute Gasteiger partial charge is 0.138 e. The first-order valence-electron chi connectivity index (χ1n) is 7.16. The van der Waals surface area contributed by atoms with E-state index in [-0.39, 0.29) is 5.41 Å². The Morgan fingerprint density at radius 2 is 1.89 bits per heavy atom. The van der Waals surface area contributed by atoms with E-state index in [1.165, 1.54) is 12.8 Å². The third-order valence-electron chi connectivity index (χ3n) is 3.23. The van der Waals surface area contributed by atoms with Crippen molar-refractivity contribution in [3.05, 3.63) is 11.4 Å². The van der Waals surface area contributed by atoms with Gasteiger partial charge in [-0.25, -0.2) is 9.97 Å². The summed E-state index contributed by atoms with van der Waals surface area (Å²) >= 11 is 0. The molecule has 1 atom stereocenters. The predicted octanol–water partition coefficient (Wildman–Crippen LogP) is 3.66. The summed E-state index contributed by atoms with van der Waals surface area (Å²) in [6.07, 6.45) is 3.58. The van der Waals surface area contributed by atoms with Gasteiger partial charge in [-0.2, -0.15) is 0 Å². The zero-order chi connectivity index (χ0) is 14.6. The number of anilines is 2. The molecule has 0 aliphatic carbocycles. The maximum atomic E-state index is 6.00. The van der Waals surface area contributed by atoms with Crippen LogP contribution in [0.5, 0.6) is 0 Å². The lowest BCUT2D eigenvalue weighted by molar-refractivity contribution is 0.545. The standard InChI is InChI=1S/C15H28N4/c1-7-8-9-10(2)17-13-11(3)12(16)18-14(19-13)15(4,5)6/h10H,7-9H2,1-6H3,(H3,16,17,18,19). The summed E-state index contributed by atoms with van der Waals surface area (Å²) in [6.45, 7) is 12.7. The van der Waals surface area contributed by atoms with Gasteiger partial charge in [0.2, 0.25) is 0 Å². The van der Waals surface area contributed by atoms with Crippen molar-refractivity contribution in [1.82, 2.24) is 9.97 Å². The topological polar surface area (TPSA) is 63.8 Å². The molecule has 3 N–H and O–H groups in total. The van der Waals surface area contributed by atoms with Crippen LogP contribution >= 0.6 is 0 Å². The Labute approximate surface area is 117 Å². The summed E-state index contributed by atoms with van der Waals surface area (Å²) in [7, 11) is 0. The molecule has 4 heteroatoms. The van der Waals surface area contributed by atoms with Crippen LogP contribution < -0.4 is 11.1 Å². The molecule has 1 aromatic rings. The highest BCUT2D eigenvalue weighted by molar-refractivity contribution is 5.55. The van der Waals surface area contributed by atoms with Gasteiger partial charge in [0.15, 0.2) is 0 Å². The van der Waals surface area contributed by atoms with Crippen molar-refractivity contribution >= 4 is 11.6 Å². The van der Waals surface area contributed by atoms with E-state index >= 15 is 0 Å². The van der Waals surface area contributed by atoms with Crippen molar-refractivity contribution in [2.45, 2.75) is 72.3 Å². The average Bonchev–Trinajstić information content (AvgIpc) is 2.30. The molecular weight excluding hydrogens is 236 g/mol. The number of hydrogen-bond donors (Lipinski definition) is 2. The molecule has 0 fully saturated rings. The highest BCUT2D eigenvalue weighted by atomic mass is 15.1. The Morgan fingerprint density at radius 3 is 2.42 bits per heavy atom. The van der Waals surface area contributed by atoms with E-state index in [4.69, 9.17) is 5.73 Å². The Hall–Kier alpha value is -1.32. The summed E-state index contributed by atoms with van der Waals surface area (Å²) in [5.41, 5.74) is 6.85. The van der Waals surface area contributed by atoms with Crippen LogP contribution in [0.25, 0.3) is 0 Å². The summed E-state index contributed by atoms with van der Waals surface area (Å²) in [5, 5.41) is 3.47. The van der Waals surface area contributed by atoms with E-state index in [0.29, 0.717) is 11.9 Å². The van der Waals surface area contributed by atoms with Crippen molar-refractivity contribution in [2.24, 2.45) is 0 Å². The number of nitrogens with zero attached hydrogens (tertiary/aromatic N) is 2. The Balaban J connectivity index is 2.96. The number of aromatic nitrogens is 2. The number of rotatable bonds is 5. The van der Waals surface area contributed by atoms with Crippen LogP contribution in [0.4, 0.5) is 11.6 Å². The molecule has 0 spiro atoms. The third kappa shape index (κ3) is 4.37. The van der Waals surface area contributed by atoms with Crippen LogP contribution in [0.2, 0.25) is 0 Å². The molecule has 0 saturated heterocycles. The first kappa shape index (κ1) is 15.7. The van der Waals surface area contributed by atoms with Gasteiger partial charge in [-0.3, -0.25) is 0 Å². The molecule has 0 aliphatic heterocycles. The third-order valence-corrected chi connectivity index (χ3v) is 3.23.